The van der Waals surface area contributed by atoms with Gasteiger partial charge in [0.1, 0.15) is 0 Å². The predicted octanol–water partition coefficient (Wildman–Crippen LogP) is 3.15. The van der Waals surface area contributed by atoms with Crippen LogP contribution in [0.25, 0.3) is 0 Å². The maximum absolute atomic E-state index is 10.3. The van der Waals surface area contributed by atoms with Crippen molar-refractivity contribution in [1.82, 2.24) is 4.90 Å². The first-order valence-electron chi connectivity index (χ1n) is 7.98. The summed E-state index contributed by atoms with van der Waals surface area (Å²) in [5, 5.41) is 10.3. The van der Waals surface area contributed by atoms with Crippen molar-refractivity contribution < 1.29 is 5.11 Å². The van der Waals surface area contributed by atoms with Crippen molar-refractivity contribution in [2.75, 3.05) is 19.6 Å². The van der Waals surface area contributed by atoms with Crippen LogP contribution in [0.5, 0.6) is 0 Å². The molecule has 4 atom stereocenters. The van der Waals surface area contributed by atoms with E-state index in [2.05, 4.69) is 25.7 Å². The van der Waals surface area contributed by atoms with Crippen molar-refractivity contribution in [3.05, 3.63) is 0 Å². The maximum Gasteiger partial charge on any atom is 0.0571 e. The number of likely N-dealkylation sites (tertiary alicyclic amines) is 1. The second-order valence-corrected chi connectivity index (χ2v) is 7.02. The van der Waals surface area contributed by atoms with Crippen LogP contribution < -0.4 is 0 Å². The molecule has 2 aliphatic rings. The number of aliphatic hydroxyl groups is 1. The van der Waals surface area contributed by atoms with Gasteiger partial charge in [0.25, 0.3) is 0 Å². The molecule has 2 nitrogen and oxygen atoms in total. The Bertz CT molecular complexity index is 247. The molecule has 0 amide bonds. The lowest BCUT2D eigenvalue weighted by atomic mass is 9.69. The number of rotatable bonds is 3. The highest BCUT2D eigenvalue weighted by molar-refractivity contribution is 4.87. The molecule has 0 aromatic rings. The van der Waals surface area contributed by atoms with Crippen LogP contribution in [0, 0.1) is 23.7 Å². The lowest BCUT2D eigenvalue weighted by Gasteiger charge is -2.42. The second-order valence-electron chi connectivity index (χ2n) is 7.02. The monoisotopic (exact) mass is 253 g/mol. The third-order valence-electron chi connectivity index (χ3n) is 5.38. The number of piperidine rings is 1. The van der Waals surface area contributed by atoms with Gasteiger partial charge in [-0.05, 0) is 62.4 Å². The molecule has 2 rings (SSSR count). The molecule has 2 fully saturated rings. The van der Waals surface area contributed by atoms with Crippen LogP contribution in [0.1, 0.15) is 52.9 Å². The molecule has 1 N–H and O–H groups in total. The highest BCUT2D eigenvalue weighted by atomic mass is 16.3. The number of hydrogen-bond acceptors (Lipinski definition) is 2. The van der Waals surface area contributed by atoms with Crippen LogP contribution in [0.3, 0.4) is 0 Å². The maximum atomic E-state index is 10.3. The van der Waals surface area contributed by atoms with Crippen molar-refractivity contribution in [3.8, 4) is 0 Å². The first kappa shape index (κ1) is 14.3. The largest absolute Gasteiger partial charge is 0.393 e. The van der Waals surface area contributed by atoms with Gasteiger partial charge in [-0.1, -0.05) is 27.2 Å². The first-order valence-corrected chi connectivity index (χ1v) is 7.98. The van der Waals surface area contributed by atoms with Crippen LogP contribution in [-0.4, -0.2) is 35.7 Å². The standard InChI is InChI=1S/C16H31NO/c1-12(2)14-9-15(13(3)16(18)10-14)11-17-7-5-4-6-8-17/h12-16,18H,4-11H2,1-3H3. The molecular formula is C16H31NO. The van der Waals surface area contributed by atoms with Gasteiger partial charge in [-0.2, -0.15) is 0 Å². The molecule has 106 valence electrons. The van der Waals surface area contributed by atoms with E-state index in [0.717, 1.165) is 18.3 Å². The summed E-state index contributed by atoms with van der Waals surface area (Å²) in [5.41, 5.74) is 0. The van der Waals surface area contributed by atoms with Gasteiger partial charge in [0.05, 0.1) is 6.10 Å². The van der Waals surface area contributed by atoms with E-state index in [1.54, 1.807) is 0 Å². The molecule has 0 aromatic heterocycles. The van der Waals surface area contributed by atoms with E-state index < -0.39 is 0 Å². The zero-order valence-electron chi connectivity index (χ0n) is 12.4. The summed E-state index contributed by atoms with van der Waals surface area (Å²) in [4.78, 5) is 2.64. The van der Waals surface area contributed by atoms with Gasteiger partial charge < -0.3 is 10.0 Å². The molecule has 1 aliphatic carbocycles. The van der Waals surface area contributed by atoms with Gasteiger partial charge in [0.15, 0.2) is 0 Å². The Balaban J connectivity index is 1.91. The molecule has 2 heteroatoms. The summed E-state index contributed by atoms with van der Waals surface area (Å²) >= 11 is 0. The van der Waals surface area contributed by atoms with Crippen LogP contribution in [-0.2, 0) is 0 Å². The average Bonchev–Trinajstić information content (AvgIpc) is 2.35. The van der Waals surface area contributed by atoms with E-state index in [9.17, 15) is 5.11 Å². The van der Waals surface area contributed by atoms with E-state index in [0.29, 0.717) is 11.8 Å². The quantitative estimate of drug-likeness (QED) is 0.835. The Labute approximate surface area is 113 Å². The van der Waals surface area contributed by atoms with Crippen molar-refractivity contribution in [2.45, 2.75) is 59.0 Å². The Morgan fingerprint density at radius 3 is 2.39 bits per heavy atom. The highest BCUT2D eigenvalue weighted by Crippen LogP contribution is 2.38. The highest BCUT2D eigenvalue weighted by Gasteiger charge is 2.36. The molecule has 1 heterocycles. The number of nitrogens with zero attached hydrogens (tertiary/aromatic N) is 1. The Hall–Kier alpha value is -0.0800. The first-order chi connectivity index (χ1) is 8.58. The summed E-state index contributed by atoms with van der Waals surface area (Å²) < 4.78 is 0. The zero-order chi connectivity index (χ0) is 13.1. The minimum absolute atomic E-state index is 0.0686. The lowest BCUT2D eigenvalue weighted by Crippen LogP contribution is -2.43. The molecule has 1 saturated heterocycles. The fraction of sp³-hybridized carbons (Fsp3) is 1.00. The molecule has 4 unspecified atom stereocenters. The van der Waals surface area contributed by atoms with Crippen LogP contribution >= 0.6 is 0 Å². The third-order valence-corrected chi connectivity index (χ3v) is 5.38. The topological polar surface area (TPSA) is 23.5 Å². The summed E-state index contributed by atoms with van der Waals surface area (Å²) in [6.07, 6.45) is 6.44. The second kappa shape index (κ2) is 6.38. The number of aliphatic hydroxyl groups excluding tert-OH is 1. The normalized spacial score (nSPS) is 39.2. The molecule has 1 aliphatic heterocycles. The zero-order valence-corrected chi connectivity index (χ0v) is 12.4. The Morgan fingerprint density at radius 2 is 1.78 bits per heavy atom. The van der Waals surface area contributed by atoms with Crippen molar-refractivity contribution in [1.29, 1.82) is 0 Å². The van der Waals surface area contributed by atoms with E-state index in [1.165, 1.54) is 45.3 Å². The average molecular weight is 253 g/mol. The number of hydrogen-bond donors (Lipinski definition) is 1. The molecule has 0 spiro atoms. The van der Waals surface area contributed by atoms with Gasteiger partial charge in [0.2, 0.25) is 0 Å². The smallest absolute Gasteiger partial charge is 0.0571 e. The predicted molar refractivity (Wildman–Crippen MR) is 76.5 cm³/mol. The van der Waals surface area contributed by atoms with E-state index >= 15 is 0 Å². The minimum atomic E-state index is -0.0686. The molecule has 0 bridgehead atoms. The van der Waals surface area contributed by atoms with Crippen molar-refractivity contribution in [2.24, 2.45) is 23.7 Å². The minimum Gasteiger partial charge on any atom is -0.393 e. The van der Waals surface area contributed by atoms with Crippen molar-refractivity contribution in [3.63, 3.8) is 0 Å². The van der Waals surface area contributed by atoms with E-state index in [-0.39, 0.29) is 6.10 Å². The van der Waals surface area contributed by atoms with Crippen LogP contribution in [0.15, 0.2) is 0 Å². The van der Waals surface area contributed by atoms with E-state index in [1.807, 2.05) is 0 Å². The van der Waals surface area contributed by atoms with Crippen LogP contribution in [0.2, 0.25) is 0 Å². The third kappa shape index (κ3) is 3.48. The lowest BCUT2D eigenvalue weighted by molar-refractivity contribution is -0.00940. The summed E-state index contributed by atoms with van der Waals surface area (Å²) in [6.45, 7) is 10.7. The van der Waals surface area contributed by atoms with Gasteiger partial charge >= 0.3 is 0 Å². The molecular weight excluding hydrogens is 222 g/mol. The molecule has 1 saturated carbocycles. The Morgan fingerprint density at radius 1 is 1.11 bits per heavy atom. The van der Waals surface area contributed by atoms with Gasteiger partial charge in [0, 0.05) is 6.54 Å². The molecule has 18 heavy (non-hydrogen) atoms. The molecule has 0 aromatic carbocycles. The summed E-state index contributed by atoms with van der Waals surface area (Å²) in [6, 6.07) is 0. The van der Waals surface area contributed by atoms with Gasteiger partial charge in [-0.3, -0.25) is 0 Å². The summed E-state index contributed by atoms with van der Waals surface area (Å²) in [5.74, 6) is 2.64. The fourth-order valence-electron chi connectivity index (χ4n) is 3.80. The van der Waals surface area contributed by atoms with Crippen LogP contribution in [0.4, 0.5) is 0 Å². The van der Waals surface area contributed by atoms with Crippen molar-refractivity contribution >= 4 is 0 Å². The van der Waals surface area contributed by atoms with Gasteiger partial charge in [-0.25, -0.2) is 0 Å². The summed E-state index contributed by atoms with van der Waals surface area (Å²) in [7, 11) is 0. The van der Waals surface area contributed by atoms with Gasteiger partial charge in [-0.15, -0.1) is 0 Å². The Kier molecular flexibility index (Phi) is 5.08. The van der Waals surface area contributed by atoms with E-state index in [4.69, 9.17) is 0 Å². The SMILES string of the molecule is CC(C)C1CC(O)C(C)C(CN2CCCCC2)C1. The molecule has 0 radical (unpaired) electrons. The fourth-order valence-corrected chi connectivity index (χ4v) is 3.80.